The third-order valence-electron chi connectivity index (χ3n) is 6.43. The zero-order valence-corrected chi connectivity index (χ0v) is 19.0. The van der Waals surface area contributed by atoms with E-state index in [0.29, 0.717) is 18.6 Å². The maximum atomic E-state index is 12.2. The Kier molecular flexibility index (Phi) is 6.21. The van der Waals surface area contributed by atoms with Crippen molar-refractivity contribution in [2.24, 2.45) is 5.41 Å². The average Bonchev–Trinajstić information content (AvgIpc) is 3.09. The molecule has 0 aromatic heterocycles. The van der Waals surface area contributed by atoms with Gasteiger partial charge in [-0.1, -0.05) is 56.9 Å². The highest BCUT2D eigenvalue weighted by atomic mass is 16.5. The second-order valence-corrected chi connectivity index (χ2v) is 10.3. The number of nitrogens with zero attached hydrogens (tertiary/aromatic N) is 1. The second-order valence-electron chi connectivity index (χ2n) is 10.3. The van der Waals surface area contributed by atoms with Crippen LogP contribution in [0.15, 0.2) is 48.5 Å². The lowest BCUT2D eigenvalue weighted by Crippen LogP contribution is -2.44. The van der Waals surface area contributed by atoms with E-state index in [2.05, 4.69) is 55.7 Å². The summed E-state index contributed by atoms with van der Waals surface area (Å²) in [5.41, 5.74) is 3.55. The normalized spacial score (nSPS) is 17.5. The third-order valence-corrected chi connectivity index (χ3v) is 6.43. The number of fused-ring (bicyclic) bond motifs is 2. The first-order chi connectivity index (χ1) is 14.8. The van der Waals surface area contributed by atoms with Gasteiger partial charge in [0.05, 0.1) is 6.61 Å². The molecule has 3 nitrogen and oxygen atoms in total. The van der Waals surface area contributed by atoms with Crippen molar-refractivity contribution in [3.63, 3.8) is 0 Å². The fraction of sp³-hybridized carbons (Fsp3) is 0.464. The number of carbonyl (C=O) groups excluding carboxylic acids is 1. The van der Waals surface area contributed by atoms with Crippen LogP contribution in [0.1, 0.15) is 63.1 Å². The van der Waals surface area contributed by atoms with Crippen LogP contribution >= 0.6 is 0 Å². The van der Waals surface area contributed by atoms with Gasteiger partial charge in [-0.3, -0.25) is 4.79 Å². The molecule has 0 radical (unpaired) electrons. The van der Waals surface area contributed by atoms with Crippen LogP contribution in [0.4, 0.5) is 0 Å². The predicted molar refractivity (Wildman–Crippen MR) is 125 cm³/mol. The summed E-state index contributed by atoms with van der Waals surface area (Å²) < 4.78 is 6.13. The highest BCUT2D eigenvalue weighted by Gasteiger charge is 2.43. The molecule has 2 heterocycles. The Labute approximate surface area is 186 Å². The van der Waals surface area contributed by atoms with E-state index >= 15 is 0 Å². The number of benzene rings is 2. The fourth-order valence-electron chi connectivity index (χ4n) is 4.70. The molecule has 2 aliphatic rings. The molecule has 4 rings (SSSR count). The van der Waals surface area contributed by atoms with Gasteiger partial charge in [0.25, 0.3) is 0 Å². The largest absolute Gasteiger partial charge is 0.492 e. The van der Waals surface area contributed by atoms with Crippen LogP contribution in [0.3, 0.4) is 0 Å². The van der Waals surface area contributed by atoms with Crippen molar-refractivity contribution in [1.82, 2.24) is 4.90 Å². The number of carbonyl (C=O) groups is 1. The van der Waals surface area contributed by atoms with Crippen molar-refractivity contribution in [2.45, 2.75) is 51.9 Å². The van der Waals surface area contributed by atoms with E-state index in [1.807, 2.05) is 30.3 Å². The van der Waals surface area contributed by atoms with E-state index in [1.54, 1.807) is 0 Å². The van der Waals surface area contributed by atoms with Gasteiger partial charge in [0.2, 0.25) is 0 Å². The van der Waals surface area contributed by atoms with Gasteiger partial charge in [-0.2, -0.15) is 0 Å². The third kappa shape index (κ3) is 5.38. The molecule has 162 valence electrons. The minimum atomic E-state index is 0.0816. The van der Waals surface area contributed by atoms with Crippen LogP contribution in [0.2, 0.25) is 0 Å². The Bertz CT molecular complexity index is 983. The monoisotopic (exact) mass is 415 g/mol. The first kappa shape index (κ1) is 21.7. The van der Waals surface area contributed by atoms with Gasteiger partial charge < -0.3 is 9.64 Å². The maximum Gasteiger partial charge on any atom is 0.134 e. The van der Waals surface area contributed by atoms with Crippen LogP contribution in [0.25, 0.3) is 0 Å². The summed E-state index contributed by atoms with van der Waals surface area (Å²) in [5.74, 6) is 7.86. The van der Waals surface area contributed by atoms with E-state index in [0.717, 1.165) is 56.0 Å². The number of hydrogen-bond donors (Lipinski definition) is 0. The summed E-state index contributed by atoms with van der Waals surface area (Å²) in [6.45, 7) is 10.1. The van der Waals surface area contributed by atoms with Crippen molar-refractivity contribution in [2.75, 3.05) is 26.2 Å². The SMILES string of the molecule is CC(C)(C)CC(=O)CCN1CCC2(CC1)COc1cc(C#Cc3ccccc3)ccc12. The number of likely N-dealkylation sites (tertiary alicyclic amines) is 1. The van der Waals surface area contributed by atoms with Crippen molar-refractivity contribution in [1.29, 1.82) is 0 Å². The molecular weight excluding hydrogens is 382 g/mol. The maximum absolute atomic E-state index is 12.2. The summed E-state index contributed by atoms with van der Waals surface area (Å²) in [4.78, 5) is 14.7. The molecule has 3 heteroatoms. The number of hydrogen-bond acceptors (Lipinski definition) is 3. The lowest BCUT2D eigenvalue weighted by Gasteiger charge is -2.38. The second kappa shape index (κ2) is 8.89. The molecule has 2 aromatic carbocycles. The van der Waals surface area contributed by atoms with Gasteiger partial charge >= 0.3 is 0 Å². The molecule has 0 bridgehead atoms. The summed E-state index contributed by atoms with van der Waals surface area (Å²) in [7, 11) is 0. The molecule has 2 aliphatic heterocycles. The van der Waals surface area contributed by atoms with Gasteiger partial charge in [0, 0.05) is 41.5 Å². The van der Waals surface area contributed by atoms with E-state index in [-0.39, 0.29) is 10.8 Å². The molecule has 1 fully saturated rings. The van der Waals surface area contributed by atoms with Crippen molar-refractivity contribution in [3.05, 3.63) is 65.2 Å². The van der Waals surface area contributed by atoms with Gasteiger partial charge in [0.1, 0.15) is 11.5 Å². The standard InChI is InChI=1S/C28H33NO2/c1-27(2,3)20-24(30)13-16-29-17-14-28(15-18-29)21-31-26-19-23(11-12-25(26)28)10-9-22-7-5-4-6-8-22/h4-8,11-12,19H,13-18,20-21H2,1-3H3. The van der Waals surface area contributed by atoms with Crippen molar-refractivity contribution in [3.8, 4) is 17.6 Å². The first-order valence-electron chi connectivity index (χ1n) is 11.4. The highest BCUT2D eigenvalue weighted by molar-refractivity contribution is 5.79. The van der Waals surface area contributed by atoms with E-state index < -0.39 is 0 Å². The van der Waals surface area contributed by atoms with E-state index in [9.17, 15) is 4.79 Å². The van der Waals surface area contributed by atoms with Crippen molar-refractivity contribution < 1.29 is 9.53 Å². The van der Waals surface area contributed by atoms with E-state index in [1.165, 1.54) is 5.56 Å². The molecule has 1 spiro atoms. The number of piperidine rings is 1. The lowest BCUT2D eigenvalue weighted by molar-refractivity contribution is -0.121. The average molecular weight is 416 g/mol. The van der Waals surface area contributed by atoms with Crippen LogP contribution in [-0.4, -0.2) is 36.9 Å². The Hall–Kier alpha value is -2.57. The van der Waals surface area contributed by atoms with Crippen LogP contribution in [-0.2, 0) is 10.2 Å². The van der Waals surface area contributed by atoms with Crippen LogP contribution in [0.5, 0.6) is 5.75 Å². The molecule has 0 N–H and O–H groups in total. The molecule has 0 unspecified atom stereocenters. The van der Waals surface area contributed by atoms with Crippen molar-refractivity contribution >= 4 is 5.78 Å². The van der Waals surface area contributed by atoms with Gasteiger partial charge in [0.15, 0.2) is 0 Å². The molecule has 2 aromatic rings. The number of ether oxygens (including phenoxy) is 1. The Morgan fingerprint density at radius 2 is 1.74 bits per heavy atom. The quantitative estimate of drug-likeness (QED) is 0.642. The first-order valence-corrected chi connectivity index (χ1v) is 11.4. The molecule has 0 aliphatic carbocycles. The zero-order valence-electron chi connectivity index (χ0n) is 19.0. The summed E-state index contributed by atoms with van der Waals surface area (Å²) in [5, 5.41) is 0. The molecule has 0 amide bonds. The van der Waals surface area contributed by atoms with Gasteiger partial charge in [-0.15, -0.1) is 0 Å². The van der Waals surface area contributed by atoms with E-state index in [4.69, 9.17) is 4.74 Å². The molecular formula is C28H33NO2. The van der Waals surface area contributed by atoms with Gasteiger partial charge in [-0.25, -0.2) is 0 Å². The Balaban J connectivity index is 1.36. The Morgan fingerprint density at radius 3 is 2.45 bits per heavy atom. The van der Waals surface area contributed by atoms with Crippen LogP contribution in [0, 0.1) is 17.3 Å². The predicted octanol–water partition coefficient (Wildman–Crippen LogP) is 5.21. The molecule has 0 atom stereocenters. The summed E-state index contributed by atoms with van der Waals surface area (Å²) >= 11 is 0. The highest BCUT2D eigenvalue weighted by Crippen LogP contribution is 2.45. The molecule has 1 saturated heterocycles. The number of rotatable bonds is 4. The lowest BCUT2D eigenvalue weighted by atomic mass is 9.74. The van der Waals surface area contributed by atoms with Crippen LogP contribution < -0.4 is 4.74 Å². The topological polar surface area (TPSA) is 29.5 Å². The Morgan fingerprint density at radius 1 is 1.03 bits per heavy atom. The molecule has 0 saturated carbocycles. The fourth-order valence-corrected chi connectivity index (χ4v) is 4.70. The smallest absolute Gasteiger partial charge is 0.134 e. The number of ketones is 1. The molecule has 31 heavy (non-hydrogen) atoms. The zero-order chi connectivity index (χ0) is 21.9. The summed E-state index contributed by atoms with van der Waals surface area (Å²) in [6, 6.07) is 16.5. The minimum Gasteiger partial charge on any atom is -0.492 e. The summed E-state index contributed by atoms with van der Waals surface area (Å²) in [6.07, 6.45) is 3.51. The van der Waals surface area contributed by atoms with Gasteiger partial charge in [-0.05, 0) is 55.6 Å². The minimum absolute atomic E-state index is 0.0816. The number of Topliss-reactive ketones (excluding diaryl/α,β-unsaturated/α-hetero) is 1.